The van der Waals surface area contributed by atoms with Gasteiger partial charge in [0.15, 0.2) is 17.3 Å². The third-order valence-electron chi connectivity index (χ3n) is 5.29. The number of carbonyl (C=O) groups is 1. The van der Waals surface area contributed by atoms with Crippen molar-refractivity contribution in [2.45, 2.75) is 6.92 Å². The summed E-state index contributed by atoms with van der Waals surface area (Å²) in [5, 5.41) is 18.0. The molecule has 0 saturated carbocycles. The van der Waals surface area contributed by atoms with Gasteiger partial charge < -0.3 is 10.1 Å². The van der Waals surface area contributed by atoms with Crippen molar-refractivity contribution in [3.05, 3.63) is 60.0 Å². The van der Waals surface area contributed by atoms with Crippen LogP contribution in [-0.2, 0) is 0 Å². The first-order valence-electron chi connectivity index (χ1n) is 10.0. The second-order valence-corrected chi connectivity index (χ2v) is 8.56. The van der Waals surface area contributed by atoms with Gasteiger partial charge in [0, 0.05) is 33.8 Å². The molecule has 0 aliphatic heterocycles. The topological polar surface area (TPSA) is 133 Å². The number of imidazole rings is 1. The van der Waals surface area contributed by atoms with E-state index in [4.69, 9.17) is 4.98 Å². The van der Waals surface area contributed by atoms with E-state index in [-0.39, 0.29) is 11.5 Å². The van der Waals surface area contributed by atoms with Crippen LogP contribution in [0.5, 0.6) is 5.75 Å². The van der Waals surface area contributed by atoms with Crippen LogP contribution in [0, 0.1) is 0 Å². The molecule has 0 spiro atoms. The van der Waals surface area contributed by atoms with Crippen molar-refractivity contribution in [1.82, 2.24) is 35.1 Å². The molecule has 9 nitrogen and oxygen atoms in total. The van der Waals surface area contributed by atoms with Crippen LogP contribution in [0.25, 0.3) is 55.3 Å². The Balaban J connectivity index is 1.48. The zero-order chi connectivity index (χ0) is 22.5. The van der Waals surface area contributed by atoms with Crippen LogP contribution in [0.4, 0.5) is 0 Å². The van der Waals surface area contributed by atoms with Crippen LogP contribution in [0.3, 0.4) is 0 Å². The minimum atomic E-state index is 0.0357. The molecule has 0 unspecified atom stereocenters. The largest absolute Gasteiger partial charge is 0.506 e. The number of hydrogen-bond donors (Lipinski definition) is 3. The standard InChI is InChI=1S/C23H15N7O2S/c1-11(31)18-2-3-19(33-18)14-4-5-25-22-20(14)27-23(28-22)21-15-7-16(26-10-17(15)29-30-21)12-6-13(32)9-24-8-12/h2-10,32H,1H3,(H,29,30)(H,25,27,28). The molecule has 160 valence electrons. The van der Waals surface area contributed by atoms with Gasteiger partial charge in [0.1, 0.15) is 17.0 Å². The third kappa shape index (κ3) is 3.24. The van der Waals surface area contributed by atoms with Crippen molar-refractivity contribution in [1.29, 1.82) is 0 Å². The molecular weight excluding hydrogens is 438 g/mol. The maximum Gasteiger partial charge on any atom is 0.169 e. The first kappa shape index (κ1) is 19.3. The van der Waals surface area contributed by atoms with Crippen molar-refractivity contribution < 1.29 is 9.90 Å². The zero-order valence-electron chi connectivity index (χ0n) is 17.2. The fraction of sp³-hybridized carbons (Fsp3) is 0.0435. The van der Waals surface area contributed by atoms with E-state index in [9.17, 15) is 9.90 Å². The Morgan fingerprint density at radius 2 is 2.00 bits per heavy atom. The number of Topliss-reactive ketones (excluding diaryl/α,β-unsaturated/α-hetero) is 1. The van der Waals surface area contributed by atoms with E-state index < -0.39 is 0 Å². The molecular formula is C23H15N7O2S. The molecule has 6 heterocycles. The van der Waals surface area contributed by atoms with Gasteiger partial charge in [0.05, 0.1) is 28.5 Å². The average molecular weight is 453 g/mol. The van der Waals surface area contributed by atoms with Gasteiger partial charge in [-0.05, 0) is 37.3 Å². The summed E-state index contributed by atoms with van der Waals surface area (Å²) in [5.74, 6) is 0.665. The van der Waals surface area contributed by atoms with Gasteiger partial charge in [0.25, 0.3) is 0 Å². The molecule has 0 radical (unpaired) electrons. The summed E-state index contributed by atoms with van der Waals surface area (Å²) >= 11 is 1.43. The number of ketones is 1. The Hall–Kier alpha value is -4.44. The number of nitrogens with one attached hydrogen (secondary N) is 2. The highest BCUT2D eigenvalue weighted by molar-refractivity contribution is 7.17. The summed E-state index contributed by atoms with van der Waals surface area (Å²) < 4.78 is 0. The lowest BCUT2D eigenvalue weighted by atomic mass is 10.1. The molecule has 10 heteroatoms. The van der Waals surface area contributed by atoms with E-state index in [0.29, 0.717) is 38.8 Å². The van der Waals surface area contributed by atoms with E-state index in [1.54, 1.807) is 31.6 Å². The molecule has 33 heavy (non-hydrogen) atoms. The summed E-state index contributed by atoms with van der Waals surface area (Å²) in [6.45, 7) is 1.56. The maximum absolute atomic E-state index is 11.7. The summed E-state index contributed by atoms with van der Waals surface area (Å²) in [7, 11) is 0. The Morgan fingerprint density at radius 3 is 2.82 bits per heavy atom. The zero-order valence-corrected chi connectivity index (χ0v) is 18.0. The molecule has 0 atom stereocenters. The summed E-state index contributed by atoms with van der Waals surface area (Å²) in [6, 6.07) is 9.13. The molecule has 0 aromatic carbocycles. The lowest BCUT2D eigenvalue weighted by molar-refractivity contribution is 0.102. The smallest absolute Gasteiger partial charge is 0.169 e. The Morgan fingerprint density at radius 1 is 1.09 bits per heavy atom. The van der Waals surface area contributed by atoms with Gasteiger partial charge in [-0.1, -0.05) is 0 Å². The second-order valence-electron chi connectivity index (χ2n) is 7.48. The van der Waals surface area contributed by atoms with E-state index in [2.05, 4.69) is 30.1 Å². The molecule has 6 aromatic rings. The number of thiophene rings is 1. The average Bonchev–Trinajstić information content (AvgIpc) is 3.55. The molecule has 6 rings (SSSR count). The summed E-state index contributed by atoms with van der Waals surface area (Å²) in [6.07, 6.45) is 6.41. The fourth-order valence-electron chi connectivity index (χ4n) is 3.72. The van der Waals surface area contributed by atoms with Crippen molar-refractivity contribution in [2.75, 3.05) is 0 Å². The first-order chi connectivity index (χ1) is 16.1. The number of aromatic nitrogens is 7. The normalized spacial score (nSPS) is 11.4. The molecule has 0 saturated heterocycles. The predicted octanol–water partition coefficient (Wildman–Crippen LogP) is 4.59. The van der Waals surface area contributed by atoms with Gasteiger partial charge in [0.2, 0.25) is 0 Å². The van der Waals surface area contributed by atoms with E-state index in [1.807, 2.05) is 24.3 Å². The van der Waals surface area contributed by atoms with Crippen LogP contribution < -0.4 is 0 Å². The molecule has 3 N–H and O–H groups in total. The Kier molecular flexibility index (Phi) is 4.27. The predicted molar refractivity (Wildman–Crippen MR) is 125 cm³/mol. The molecule has 0 bridgehead atoms. The minimum Gasteiger partial charge on any atom is -0.506 e. The first-order valence-corrected chi connectivity index (χ1v) is 10.8. The van der Waals surface area contributed by atoms with Crippen molar-refractivity contribution >= 4 is 39.2 Å². The molecule has 6 aromatic heterocycles. The Bertz CT molecular complexity index is 1680. The highest BCUT2D eigenvalue weighted by atomic mass is 32.1. The summed E-state index contributed by atoms with van der Waals surface area (Å²) in [5.41, 5.74) is 4.94. The lowest BCUT2D eigenvalue weighted by Crippen LogP contribution is -1.86. The SMILES string of the molecule is CC(=O)c1ccc(-c2ccnc3[nH]c(-c4n[nH]c5cnc(-c6cncc(O)c6)cc45)nc23)s1. The number of aromatic amines is 2. The van der Waals surface area contributed by atoms with Gasteiger partial charge in [-0.3, -0.25) is 19.9 Å². The lowest BCUT2D eigenvalue weighted by Gasteiger charge is -2.01. The number of pyridine rings is 3. The van der Waals surface area contributed by atoms with Crippen molar-refractivity contribution in [3.63, 3.8) is 0 Å². The number of hydrogen-bond acceptors (Lipinski definition) is 8. The number of aromatic hydroxyl groups is 1. The number of carbonyl (C=O) groups excluding carboxylic acids is 1. The van der Waals surface area contributed by atoms with Crippen LogP contribution in [0.1, 0.15) is 16.6 Å². The highest BCUT2D eigenvalue weighted by Crippen LogP contribution is 2.34. The third-order valence-corrected chi connectivity index (χ3v) is 6.51. The van der Waals surface area contributed by atoms with Crippen molar-refractivity contribution in [3.8, 4) is 39.0 Å². The van der Waals surface area contributed by atoms with Crippen molar-refractivity contribution in [2.24, 2.45) is 0 Å². The van der Waals surface area contributed by atoms with Gasteiger partial charge in [-0.2, -0.15) is 5.10 Å². The molecule has 0 amide bonds. The van der Waals surface area contributed by atoms with Crippen LogP contribution in [0.2, 0.25) is 0 Å². The molecule has 0 fully saturated rings. The van der Waals surface area contributed by atoms with E-state index >= 15 is 0 Å². The maximum atomic E-state index is 11.7. The second kappa shape index (κ2) is 7.31. The van der Waals surface area contributed by atoms with Gasteiger partial charge in [-0.15, -0.1) is 11.3 Å². The number of H-pyrrole nitrogens is 2. The Labute approximate surface area is 190 Å². The minimum absolute atomic E-state index is 0.0357. The number of nitrogens with zero attached hydrogens (tertiary/aromatic N) is 5. The quantitative estimate of drug-likeness (QED) is 0.332. The highest BCUT2D eigenvalue weighted by Gasteiger charge is 2.18. The number of fused-ring (bicyclic) bond motifs is 2. The van der Waals surface area contributed by atoms with Crippen LogP contribution in [-0.4, -0.2) is 46.0 Å². The van der Waals surface area contributed by atoms with Crippen LogP contribution in [0.15, 0.2) is 55.1 Å². The monoisotopic (exact) mass is 453 g/mol. The van der Waals surface area contributed by atoms with E-state index in [1.165, 1.54) is 17.5 Å². The molecule has 0 aliphatic rings. The van der Waals surface area contributed by atoms with Crippen LogP contribution >= 0.6 is 11.3 Å². The summed E-state index contributed by atoms with van der Waals surface area (Å²) in [4.78, 5) is 34.3. The fourth-order valence-corrected chi connectivity index (χ4v) is 4.64. The molecule has 0 aliphatic carbocycles. The van der Waals surface area contributed by atoms with Gasteiger partial charge in [-0.25, -0.2) is 9.97 Å². The van der Waals surface area contributed by atoms with Gasteiger partial charge >= 0.3 is 0 Å². The van der Waals surface area contributed by atoms with E-state index in [0.717, 1.165) is 21.3 Å². The number of rotatable bonds is 4.